The van der Waals surface area contributed by atoms with Gasteiger partial charge in [0.2, 0.25) is 0 Å². The van der Waals surface area contributed by atoms with Gasteiger partial charge in [0.25, 0.3) is 0 Å². The highest BCUT2D eigenvalue weighted by atomic mass is 16.5. The van der Waals surface area contributed by atoms with Crippen molar-refractivity contribution in [2.24, 2.45) is 5.73 Å². The van der Waals surface area contributed by atoms with Crippen LogP contribution in [0.2, 0.25) is 0 Å². The molecule has 0 aliphatic rings. The van der Waals surface area contributed by atoms with Crippen molar-refractivity contribution in [1.29, 1.82) is 0 Å². The SMILES string of the molecule is CCCCCC(CN)(C(=O)OCC)c1cccc(C)c1. The summed E-state index contributed by atoms with van der Waals surface area (Å²) in [6.45, 7) is 6.70. The number of rotatable bonds is 8. The minimum absolute atomic E-state index is 0.191. The van der Waals surface area contributed by atoms with E-state index in [1.54, 1.807) is 0 Å². The normalized spacial score (nSPS) is 13.8. The average molecular weight is 277 g/mol. The Morgan fingerprint density at radius 1 is 1.30 bits per heavy atom. The molecular weight excluding hydrogens is 250 g/mol. The van der Waals surface area contributed by atoms with Crippen molar-refractivity contribution in [3.05, 3.63) is 35.4 Å². The van der Waals surface area contributed by atoms with Crippen molar-refractivity contribution in [2.45, 2.75) is 51.9 Å². The summed E-state index contributed by atoms with van der Waals surface area (Å²) < 4.78 is 5.30. The highest BCUT2D eigenvalue weighted by molar-refractivity contribution is 5.83. The Labute approximate surface area is 122 Å². The summed E-state index contributed by atoms with van der Waals surface area (Å²) in [6, 6.07) is 8.05. The average Bonchev–Trinajstić information content (AvgIpc) is 2.44. The molecule has 0 saturated carbocycles. The lowest BCUT2D eigenvalue weighted by Crippen LogP contribution is -2.44. The zero-order valence-corrected chi connectivity index (χ0v) is 12.9. The number of unbranched alkanes of at least 4 members (excludes halogenated alkanes) is 2. The van der Waals surface area contributed by atoms with E-state index in [9.17, 15) is 4.79 Å². The molecule has 2 N–H and O–H groups in total. The first kappa shape index (κ1) is 16.7. The van der Waals surface area contributed by atoms with Gasteiger partial charge in [-0.25, -0.2) is 0 Å². The van der Waals surface area contributed by atoms with Crippen LogP contribution in [0.25, 0.3) is 0 Å². The summed E-state index contributed by atoms with van der Waals surface area (Å²) >= 11 is 0. The number of hydrogen-bond donors (Lipinski definition) is 1. The van der Waals surface area contributed by atoms with Crippen LogP contribution in [0.1, 0.15) is 50.7 Å². The first-order valence-electron chi connectivity index (χ1n) is 7.55. The first-order chi connectivity index (χ1) is 9.60. The molecule has 0 spiro atoms. The van der Waals surface area contributed by atoms with Crippen LogP contribution in [0, 0.1) is 6.92 Å². The largest absolute Gasteiger partial charge is 0.465 e. The molecule has 0 aliphatic carbocycles. The second kappa shape index (κ2) is 8.05. The van der Waals surface area contributed by atoms with E-state index in [4.69, 9.17) is 10.5 Å². The summed E-state index contributed by atoms with van der Waals surface area (Å²) in [5.74, 6) is -0.191. The molecule has 0 aliphatic heterocycles. The maximum atomic E-state index is 12.5. The summed E-state index contributed by atoms with van der Waals surface area (Å²) in [4.78, 5) is 12.5. The van der Waals surface area contributed by atoms with Crippen LogP contribution in [0.3, 0.4) is 0 Å². The van der Waals surface area contributed by atoms with Gasteiger partial charge in [0.15, 0.2) is 0 Å². The lowest BCUT2D eigenvalue weighted by Gasteiger charge is -2.31. The van der Waals surface area contributed by atoms with Crippen LogP contribution < -0.4 is 5.73 Å². The molecule has 1 atom stereocenters. The molecule has 0 heterocycles. The molecule has 1 rings (SSSR count). The van der Waals surface area contributed by atoms with E-state index in [1.165, 1.54) is 0 Å². The number of hydrogen-bond acceptors (Lipinski definition) is 3. The summed E-state index contributed by atoms with van der Waals surface area (Å²) in [6.07, 6.45) is 3.96. The number of carbonyl (C=O) groups is 1. The zero-order chi connectivity index (χ0) is 15.0. The lowest BCUT2D eigenvalue weighted by molar-refractivity contribution is -0.150. The van der Waals surface area contributed by atoms with Crippen molar-refractivity contribution in [3.63, 3.8) is 0 Å². The van der Waals surface area contributed by atoms with Crippen molar-refractivity contribution >= 4 is 5.97 Å². The molecule has 3 nitrogen and oxygen atoms in total. The summed E-state index contributed by atoms with van der Waals surface area (Å²) in [7, 11) is 0. The van der Waals surface area contributed by atoms with Gasteiger partial charge in [-0.15, -0.1) is 0 Å². The number of carbonyl (C=O) groups excluding carboxylic acids is 1. The van der Waals surface area contributed by atoms with Gasteiger partial charge < -0.3 is 10.5 Å². The molecule has 0 saturated heterocycles. The van der Waals surface area contributed by atoms with E-state index >= 15 is 0 Å². The van der Waals surface area contributed by atoms with Gasteiger partial charge in [0.1, 0.15) is 5.41 Å². The van der Waals surface area contributed by atoms with Gasteiger partial charge in [0, 0.05) is 6.54 Å². The van der Waals surface area contributed by atoms with Gasteiger partial charge in [-0.2, -0.15) is 0 Å². The monoisotopic (exact) mass is 277 g/mol. The third-order valence-corrected chi connectivity index (χ3v) is 3.79. The molecule has 112 valence electrons. The quantitative estimate of drug-likeness (QED) is 0.585. The Bertz CT molecular complexity index is 431. The standard InChI is InChI=1S/C17H27NO2/c1-4-6-7-11-17(13-18,16(19)20-5-2)15-10-8-9-14(3)12-15/h8-10,12H,4-7,11,13,18H2,1-3H3. The molecule has 1 aromatic carbocycles. The van der Waals surface area contributed by atoms with Crippen LogP contribution in [0.4, 0.5) is 0 Å². The minimum Gasteiger partial charge on any atom is -0.465 e. The molecule has 1 aromatic rings. The van der Waals surface area contributed by atoms with Crippen LogP contribution in [0.15, 0.2) is 24.3 Å². The first-order valence-corrected chi connectivity index (χ1v) is 7.55. The van der Waals surface area contributed by atoms with Crippen LogP contribution in [-0.4, -0.2) is 19.1 Å². The van der Waals surface area contributed by atoms with Gasteiger partial charge in [-0.1, -0.05) is 56.0 Å². The van der Waals surface area contributed by atoms with Crippen LogP contribution in [0.5, 0.6) is 0 Å². The smallest absolute Gasteiger partial charge is 0.317 e. The topological polar surface area (TPSA) is 52.3 Å². The second-order valence-electron chi connectivity index (χ2n) is 5.33. The molecule has 0 radical (unpaired) electrons. The maximum Gasteiger partial charge on any atom is 0.317 e. The molecule has 0 bridgehead atoms. The highest BCUT2D eigenvalue weighted by Gasteiger charge is 2.39. The minimum atomic E-state index is -0.697. The molecule has 0 aromatic heterocycles. The number of benzene rings is 1. The van der Waals surface area contributed by atoms with Crippen molar-refractivity contribution in [2.75, 3.05) is 13.2 Å². The lowest BCUT2D eigenvalue weighted by atomic mass is 9.75. The Morgan fingerprint density at radius 2 is 2.05 bits per heavy atom. The van der Waals surface area contributed by atoms with E-state index in [0.717, 1.165) is 36.8 Å². The van der Waals surface area contributed by atoms with Crippen LogP contribution >= 0.6 is 0 Å². The summed E-state index contributed by atoms with van der Waals surface area (Å²) in [5.41, 5.74) is 7.43. The molecule has 0 amide bonds. The highest BCUT2D eigenvalue weighted by Crippen LogP contribution is 2.31. The Balaban J connectivity index is 3.12. The van der Waals surface area contributed by atoms with Gasteiger partial charge in [-0.3, -0.25) is 4.79 Å². The number of ether oxygens (including phenoxy) is 1. The van der Waals surface area contributed by atoms with E-state index in [-0.39, 0.29) is 5.97 Å². The molecule has 3 heteroatoms. The predicted molar refractivity (Wildman–Crippen MR) is 82.7 cm³/mol. The van der Waals surface area contributed by atoms with Crippen molar-refractivity contribution in [3.8, 4) is 0 Å². The fraction of sp³-hybridized carbons (Fsp3) is 0.588. The van der Waals surface area contributed by atoms with Crippen molar-refractivity contribution in [1.82, 2.24) is 0 Å². The number of aryl methyl sites for hydroxylation is 1. The van der Waals surface area contributed by atoms with Crippen molar-refractivity contribution < 1.29 is 9.53 Å². The van der Waals surface area contributed by atoms with E-state index in [1.807, 2.05) is 32.0 Å². The van der Waals surface area contributed by atoms with Crippen LogP contribution in [-0.2, 0) is 14.9 Å². The van der Waals surface area contributed by atoms with Gasteiger partial charge >= 0.3 is 5.97 Å². The maximum absolute atomic E-state index is 12.5. The molecule has 20 heavy (non-hydrogen) atoms. The Kier molecular flexibility index (Phi) is 6.73. The Hall–Kier alpha value is -1.35. The Morgan fingerprint density at radius 3 is 2.60 bits per heavy atom. The number of nitrogens with two attached hydrogens (primary N) is 1. The van der Waals surface area contributed by atoms with Gasteiger partial charge in [0.05, 0.1) is 6.61 Å². The molecule has 1 unspecified atom stereocenters. The predicted octanol–water partition coefficient (Wildman–Crippen LogP) is 3.33. The fourth-order valence-electron chi connectivity index (χ4n) is 2.56. The fourth-order valence-corrected chi connectivity index (χ4v) is 2.56. The van der Waals surface area contributed by atoms with E-state index in [2.05, 4.69) is 13.0 Å². The summed E-state index contributed by atoms with van der Waals surface area (Å²) in [5, 5.41) is 0. The van der Waals surface area contributed by atoms with E-state index < -0.39 is 5.41 Å². The van der Waals surface area contributed by atoms with Gasteiger partial charge in [-0.05, 0) is 25.8 Å². The third-order valence-electron chi connectivity index (χ3n) is 3.79. The third kappa shape index (κ3) is 3.83. The molecular formula is C17H27NO2. The second-order valence-corrected chi connectivity index (χ2v) is 5.33. The molecule has 0 fully saturated rings. The number of esters is 1. The zero-order valence-electron chi connectivity index (χ0n) is 12.9. The van der Waals surface area contributed by atoms with E-state index in [0.29, 0.717) is 13.2 Å².